The zero-order chi connectivity index (χ0) is 27.8. The minimum atomic E-state index is -0.533. The first-order valence-electron chi connectivity index (χ1n) is 13.4. The Morgan fingerprint density at radius 3 is 2.33 bits per heavy atom. The zero-order valence-electron chi connectivity index (χ0n) is 23.1. The molecular weight excluding hydrogens is 494 g/mol. The third kappa shape index (κ3) is 8.17. The third-order valence-electron chi connectivity index (χ3n) is 6.32. The Hall–Kier alpha value is -4.14. The van der Waals surface area contributed by atoms with Crippen molar-refractivity contribution in [3.63, 3.8) is 0 Å². The van der Waals surface area contributed by atoms with E-state index < -0.39 is 11.7 Å². The van der Waals surface area contributed by atoms with Crippen LogP contribution in [0.5, 0.6) is 0 Å². The Labute approximate surface area is 229 Å². The van der Waals surface area contributed by atoms with E-state index in [1.807, 2.05) is 81.7 Å². The summed E-state index contributed by atoms with van der Waals surface area (Å²) in [6.07, 6.45) is 5.10. The largest absolute Gasteiger partial charge is 0.462 e. The number of aromatic nitrogens is 2. The highest BCUT2D eigenvalue weighted by Crippen LogP contribution is 2.23. The number of hydrogen-bond donors (Lipinski definition) is 2. The van der Waals surface area contributed by atoms with Crippen LogP contribution in [0.1, 0.15) is 56.5 Å². The second-order valence-electron chi connectivity index (χ2n) is 10.5. The molecule has 4 rings (SSSR count). The summed E-state index contributed by atoms with van der Waals surface area (Å²) in [5.74, 6) is 0.319. The van der Waals surface area contributed by atoms with Gasteiger partial charge in [-0.25, -0.2) is 19.6 Å². The first-order valence-corrected chi connectivity index (χ1v) is 13.4. The highest BCUT2D eigenvalue weighted by molar-refractivity contribution is 5.89. The number of carbonyl (C=O) groups excluding carboxylic acids is 2. The predicted octanol–water partition coefficient (Wildman–Crippen LogP) is 5.43. The quantitative estimate of drug-likeness (QED) is 0.371. The maximum atomic E-state index is 12.0. The fraction of sp³-hybridized carbons (Fsp3) is 0.400. The lowest BCUT2D eigenvalue weighted by atomic mass is 10.0. The summed E-state index contributed by atoms with van der Waals surface area (Å²) in [6.45, 7) is 9.86. The first kappa shape index (κ1) is 27.9. The maximum Gasteiger partial charge on any atom is 0.407 e. The van der Waals surface area contributed by atoms with Gasteiger partial charge in [-0.15, -0.1) is 0 Å². The van der Waals surface area contributed by atoms with Crippen LogP contribution in [0.3, 0.4) is 0 Å². The van der Waals surface area contributed by atoms with Crippen molar-refractivity contribution in [2.45, 2.75) is 58.7 Å². The number of ether oxygens (including phenoxy) is 2. The number of alkyl carbamates (subject to hydrolysis) is 1. The average Bonchev–Trinajstić information content (AvgIpc) is 2.92. The molecule has 1 aliphatic heterocycles. The molecule has 2 heterocycles. The van der Waals surface area contributed by atoms with Gasteiger partial charge in [0.2, 0.25) is 5.95 Å². The van der Waals surface area contributed by atoms with E-state index in [1.165, 1.54) is 0 Å². The van der Waals surface area contributed by atoms with Gasteiger partial charge in [0, 0.05) is 49.3 Å². The number of nitrogens with one attached hydrogen (secondary N) is 2. The molecule has 1 aromatic heterocycles. The topological polar surface area (TPSA) is 106 Å². The fourth-order valence-corrected chi connectivity index (χ4v) is 4.39. The second-order valence-corrected chi connectivity index (χ2v) is 10.5. The van der Waals surface area contributed by atoms with Gasteiger partial charge in [-0.3, -0.25) is 0 Å². The fourth-order valence-electron chi connectivity index (χ4n) is 4.39. The summed E-state index contributed by atoms with van der Waals surface area (Å²) >= 11 is 0. The van der Waals surface area contributed by atoms with Gasteiger partial charge in [-0.2, -0.15) is 0 Å². The number of anilines is 2. The van der Waals surface area contributed by atoms with Gasteiger partial charge >= 0.3 is 12.1 Å². The Kier molecular flexibility index (Phi) is 9.01. The molecule has 0 saturated carbocycles. The molecule has 2 aromatic carbocycles. The molecule has 1 amide bonds. The van der Waals surface area contributed by atoms with Crippen LogP contribution in [0, 0.1) is 0 Å². The highest BCUT2D eigenvalue weighted by Gasteiger charge is 2.21. The van der Waals surface area contributed by atoms with E-state index in [2.05, 4.69) is 25.5 Å². The van der Waals surface area contributed by atoms with E-state index in [0.29, 0.717) is 24.7 Å². The van der Waals surface area contributed by atoms with Crippen LogP contribution < -0.4 is 15.5 Å². The summed E-state index contributed by atoms with van der Waals surface area (Å²) in [5.41, 5.74) is 3.98. The number of rotatable bonds is 8. The molecule has 1 fully saturated rings. The molecule has 0 atom stereocenters. The van der Waals surface area contributed by atoms with E-state index in [-0.39, 0.29) is 12.0 Å². The zero-order valence-corrected chi connectivity index (χ0v) is 23.1. The molecule has 1 saturated heterocycles. The van der Waals surface area contributed by atoms with Crippen molar-refractivity contribution in [3.8, 4) is 11.1 Å². The van der Waals surface area contributed by atoms with Crippen LogP contribution in [-0.4, -0.2) is 53.4 Å². The molecule has 9 nitrogen and oxygen atoms in total. The molecule has 0 aliphatic carbocycles. The molecule has 0 bridgehead atoms. The van der Waals surface area contributed by atoms with Crippen molar-refractivity contribution in [1.82, 2.24) is 15.3 Å². The monoisotopic (exact) mass is 531 g/mol. The van der Waals surface area contributed by atoms with Crippen molar-refractivity contribution >= 4 is 23.7 Å². The smallest absolute Gasteiger partial charge is 0.407 e. The van der Waals surface area contributed by atoms with E-state index in [4.69, 9.17) is 9.47 Å². The number of nitrogens with zero attached hydrogens (tertiary/aromatic N) is 3. The number of carbonyl (C=O) groups is 2. The lowest BCUT2D eigenvalue weighted by Gasteiger charge is -2.34. The SMILES string of the molecule is CCOC(=O)c1ccc(N2CCC(Nc3ncc(-c4cccc(CNC(=O)OC(C)(C)C)c4)cn3)CC2)cc1. The number of esters is 1. The van der Waals surface area contributed by atoms with Crippen molar-refractivity contribution in [2.24, 2.45) is 0 Å². The van der Waals surface area contributed by atoms with E-state index in [9.17, 15) is 9.59 Å². The van der Waals surface area contributed by atoms with E-state index >= 15 is 0 Å². The molecule has 0 spiro atoms. The van der Waals surface area contributed by atoms with Gasteiger partial charge in [0.15, 0.2) is 0 Å². The maximum absolute atomic E-state index is 12.0. The molecule has 9 heteroatoms. The normalized spacial score (nSPS) is 14.0. The molecule has 39 heavy (non-hydrogen) atoms. The van der Waals surface area contributed by atoms with Gasteiger partial charge in [0.25, 0.3) is 0 Å². The summed E-state index contributed by atoms with van der Waals surface area (Å²) in [7, 11) is 0. The lowest BCUT2D eigenvalue weighted by Crippen LogP contribution is -2.39. The second kappa shape index (κ2) is 12.6. The summed E-state index contributed by atoms with van der Waals surface area (Å²) in [5, 5.41) is 6.25. The Morgan fingerprint density at radius 1 is 1.00 bits per heavy atom. The summed E-state index contributed by atoms with van der Waals surface area (Å²) in [4.78, 5) is 35.2. The number of piperidine rings is 1. The summed E-state index contributed by atoms with van der Waals surface area (Å²) in [6, 6.07) is 15.8. The van der Waals surface area contributed by atoms with Crippen LogP contribution in [0.25, 0.3) is 11.1 Å². The van der Waals surface area contributed by atoms with Crippen molar-refractivity contribution in [1.29, 1.82) is 0 Å². The third-order valence-corrected chi connectivity index (χ3v) is 6.32. The molecule has 0 unspecified atom stereocenters. The minimum Gasteiger partial charge on any atom is -0.462 e. The number of amides is 1. The molecular formula is C30H37N5O4. The molecule has 0 radical (unpaired) electrons. The van der Waals surface area contributed by atoms with Gasteiger partial charge in [0.1, 0.15) is 5.60 Å². The van der Waals surface area contributed by atoms with Crippen LogP contribution in [0.2, 0.25) is 0 Å². The highest BCUT2D eigenvalue weighted by atomic mass is 16.6. The van der Waals surface area contributed by atoms with E-state index in [1.54, 1.807) is 6.92 Å². The molecule has 3 aromatic rings. The van der Waals surface area contributed by atoms with Gasteiger partial charge in [-0.05, 0) is 82.0 Å². The first-order chi connectivity index (χ1) is 18.7. The molecule has 1 aliphatic rings. The van der Waals surface area contributed by atoms with Crippen LogP contribution >= 0.6 is 0 Å². The number of benzene rings is 2. The average molecular weight is 532 g/mol. The van der Waals surface area contributed by atoms with Gasteiger partial charge in [-0.1, -0.05) is 18.2 Å². The Bertz CT molecular complexity index is 1250. The van der Waals surface area contributed by atoms with E-state index in [0.717, 1.165) is 48.3 Å². The summed E-state index contributed by atoms with van der Waals surface area (Å²) < 4.78 is 10.4. The molecule has 206 valence electrons. The van der Waals surface area contributed by atoms with Crippen molar-refractivity contribution in [3.05, 3.63) is 72.1 Å². The van der Waals surface area contributed by atoms with Crippen molar-refractivity contribution < 1.29 is 19.1 Å². The van der Waals surface area contributed by atoms with Gasteiger partial charge in [0.05, 0.1) is 12.2 Å². The van der Waals surface area contributed by atoms with Crippen LogP contribution in [0.15, 0.2) is 60.9 Å². The van der Waals surface area contributed by atoms with Crippen molar-refractivity contribution in [2.75, 3.05) is 29.9 Å². The Balaban J connectivity index is 1.27. The minimum absolute atomic E-state index is 0.285. The predicted molar refractivity (Wildman–Crippen MR) is 152 cm³/mol. The van der Waals surface area contributed by atoms with Crippen LogP contribution in [0.4, 0.5) is 16.4 Å². The Morgan fingerprint density at radius 2 is 1.69 bits per heavy atom. The molecule has 2 N–H and O–H groups in total. The van der Waals surface area contributed by atoms with Crippen LogP contribution in [-0.2, 0) is 16.0 Å². The van der Waals surface area contributed by atoms with Gasteiger partial charge < -0.3 is 25.0 Å². The lowest BCUT2D eigenvalue weighted by molar-refractivity contribution is 0.0514. The standard InChI is InChI=1S/C30H37N5O4/c1-5-38-27(36)22-9-11-26(12-10-22)35-15-13-25(14-16-35)34-28-31-19-24(20-32-28)23-8-6-7-21(17-23)18-33-29(37)39-30(2,3)4/h6-12,17,19-20,25H,5,13-16,18H2,1-4H3,(H,33,37)(H,31,32,34). The number of hydrogen-bond acceptors (Lipinski definition) is 8.